The Kier molecular flexibility index (Phi) is 5.08. The van der Waals surface area contributed by atoms with Gasteiger partial charge in [0.1, 0.15) is 6.04 Å². The Morgan fingerprint density at radius 2 is 2.04 bits per heavy atom. The number of hydrogen-bond donors (Lipinski definition) is 2. The van der Waals surface area contributed by atoms with Crippen LogP contribution in [-0.2, 0) is 11.3 Å². The number of aromatic nitrogens is 3. The Bertz CT molecular complexity index is 872. The lowest BCUT2D eigenvalue weighted by Gasteiger charge is -2.21. The third-order valence-electron chi connectivity index (χ3n) is 3.79. The Morgan fingerprint density at radius 1 is 1.20 bits per heavy atom. The monoisotopic (exact) mass is 357 g/mol. The zero-order valence-electron chi connectivity index (χ0n) is 14.0. The molecular weight excluding hydrogens is 338 g/mol. The molecule has 0 spiro atoms. The molecule has 0 unspecified atom stereocenters. The molecule has 0 aromatic carbocycles. The van der Waals surface area contributed by atoms with Gasteiger partial charge >= 0.3 is 0 Å². The molecule has 7 nitrogen and oxygen atoms in total. The fourth-order valence-electron chi connectivity index (χ4n) is 2.44. The molecule has 25 heavy (non-hydrogen) atoms. The summed E-state index contributed by atoms with van der Waals surface area (Å²) in [6, 6.07) is 8.52. The van der Waals surface area contributed by atoms with E-state index in [1.54, 1.807) is 12.1 Å². The number of thiophene rings is 1. The Morgan fingerprint density at radius 3 is 2.76 bits per heavy atom. The van der Waals surface area contributed by atoms with Crippen LogP contribution in [0.1, 0.15) is 29.3 Å². The first kappa shape index (κ1) is 17.1. The number of amides is 2. The maximum Gasteiger partial charge on any atom is 0.262 e. The van der Waals surface area contributed by atoms with Crippen molar-refractivity contribution in [2.75, 3.05) is 0 Å². The first-order valence-electron chi connectivity index (χ1n) is 7.97. The average Bonchev–Trinajstić information content (AvgIpc) is 3.27. The van der Waals surface area contributed by atoms with E-state index < -0.39 is 6.04 Å². The van der Waals surface area contributed by atoms with Crippen LogP contribution in [0, 0.1) is 5.92 Å². The molecule has 2 amide bonds. The summed E-state index contributed by atoms with van der Waals surface area (Å²) in [5, 5.41) is 15.6. The summed E-state index contributed by atoms with van der Waals surface area (Å²) in [7, 11) is 0. The Labute approximate surface area is 149 Å². The van der Waals surface area contributed by atoms with Crippen LogP contribution in [-0.4, -0.2) is 32.5 Å². The molecule has 130 valence electrons. The van der Waals surface area contributed by atoms with Gasteiger partial charge in [-0.1, -0.05) is 26.0 Å². The lowest BCUT2D eigenvalue weighted by atomic mass is 10.0. The zero-order valence-corrected chi connectivity index (χ0v) is 14.8. The molecule has 0 fully saturated rings. The van der Waals surface area contributed by atoms with Gasteiger partial charge in [0.2, 0.25) is 5.91 Å². The van der Waals surface area contributed by atoms with E-state index in [1.165, 1.54) is 11.3 Å². The summed E-state index contributed by atoms with van der Waals surface area (Å²) in [6.45, 7) is 4.03. The van der Waals surface area contributed by atoms with E-state index in [4.69, 9.17) is 0 Å². The molecule has 0 aliphatic carbocycles. The maximum absolute atomic E-state index is 12.5. The highest BCUT2D eigenvalue weighted by Gasteiger charge is 2.25. The number of nitrogens with one attached hydrogen (secondary N) is 2. The minimum absolute atomic E-state index is 0.0425. The molecule has 3 heterocycles. The molecule has 8 heteroatoms. The van der Waals surface area contributed by atoms with E-state index in [-0.39, 0.29) is 24.3 Å². The van der Waals surface area contributed by atoms with Gasteiger partial charge in [0.25, 0.3) is 5.91 Å². The van der Waals surface area contributed by atoms with Crippen LogP contribution in [0.15, 0.2) is 41.9 Å². The van der Waals surface area contributed by atoms with Crippen molar-refractivity contribution in [3.05, 3.63) is 52.6 Å². The highest BCUT2D eigenvalue weighted by molar-refractivity contribution is 7.12. The predicted octanol–water partition coefficient (Wildman–Crippen LogP) is 1.86. The highest BCUT2D eigenvalue weighted by atomic mass is 32.1. The number of fused-ring (bicyclic) bond motifs is 1. The van der Waals surface area contributed by atoms with E-state index in [0.717, 1.165) is 5.65 Å². The second-order valence-electron chi connectivity index (χ2n) is 5.94. The number of carbonyl (C=O) groups is 2. The van der Waals surface area contributed by atoms with Gasteiger partial charge in [0.15, 0.2) is 11.5 Å². The van der Waals surface area contributed by atoms with Crippen LogP contribution in [0.25, 0.3) is 5.65 Å². The topological polar surface area (TPSA) is 88.4 Å². The van der Waals surface area contributed by atoms with Crippen LogP contribution < -0.4 is 10.6 Å². The summed E-state index contributed by atoms with van der Waals surface area (Å²) in [4.78, 5) is 25.4. The second kappa shape index (κ2) is 7.43. The first-order valence-corrected chi connectivity index (χ1v) is 8.85. The molecule has 0 aliphatic heterocycles. The predicted molar refractivity (Wildman–Crippen MR) is 95.2 cm³/mol. The van der Waals surface area contributed by atoms with Crippen LogP contribution >= 0.6 is 11.3 Å². The van der Waals surface area contributed by atoms with Gasteiger partial charge in [-0.25, -0.2) is 0 Å². The van der Waals surface area contributed by atoms with Crippen molar-refractivity contribution in [1.29, 1.82) is 0 Å². The van der Waals surface area contributed by atoms with Crippen molar-refractivity contribution in [1.82, 2.24) is 25.2 Å². The number of hydrogen-bond acceptors (Lipinski definition) is 5. The molecule has 0 bridgehead atoms. The molecular formula is C17H19N5O2S. The van der Waals surface area contributed by atoms with Gasteiger partial charge in [-0.2, -0.15) is 0 Å². The second-order valence-corrected chi connectivity index (χ2v) is 6.88. The highest BCUT2D eigenvalue weighted by Crippen LogP contribution is 2.10. The summed E-state index contributed by atoms with van der Waals surface area (Å²) in [6.07, 6.45) is 1.84. The number of pyridine rings is 1. The van der Waals surface area contributed by atoms with E-state index in [0.29, 0.717) is 10.7 Å². The van der Waals surface area contributed by atoms with E-state index >= 15 is 0 Å². The number of rotatable bonds is 6. The molecule has 0 radical (unpaired) electrons. The van der Waals surface area contributed by atoms with Gasteiger partial charge in [0.05, 0.1) is 11.4 Å². The lowest BCUT2D eigenvalue weighted by molar-refractivity contribution is -0.124. The van der Waals surface area contributed by atoms with E-state index in [9.17, 15) is 9.59 Å². The van der Waals surface area contributed by atoms with Crippen molar-refractivity contribution >= 4 is 28.8 Å². The van der Waals surface area contributed by atoms with Gasteiger partial charge in [-0.3, -0.25) is 14.0 Å². The molecule has 0 saturated carbocycles. The van der Waals surface area contributed by atoms with Crippen molar-refractivity contribution in [2.24, 2.45) is 5.92 Å². The fourth-order valence-corrected chi connectivity index (χ4v) is 3.07. The van der Waals surface area contributed by atoms with Crippen molar-refractivity contribution in [2.45, 2.75) is 26.4 Å². The maximum atomic E-state index is 12.5. The van der Waals surface area contributed by atoms with Crippen molar-refractivity contribution in [3.63, 3.8) is 0 Å². The normalized spacial score (nSPS) is 12.3. The van der Waals surface area contributed by atoms with Gasteiger partial charge in [-0.15, -0.1) is 21.5 Å². The third-order valence-corrected chi connectivity index (χ3v) is 4.65. The van der Waals surface area contributed by atoms with Gasteiger partial charge < -0.3 is 10.6 Å². The smallest absolute Gasteiger partial charge is 0.262 e. The minimum atomic E-state index is -0.617. The van der Waals surface area contributed by atoms with Crippen LogP contribution in [0.2, 0.25) is 0 Å². The molecule has 2 N–H and O–H groups in total. The summed E-state index contributed by atoms with van der Waals surface area (Å²) in [5.41, 5.74) is 0.721. The largest absolute Gasteiger partial charge is 0.347 e. The van der Waals surface area contributed by atoms with Crippen molar-refractivity contribution in [3.8, 4) is 0 Å². The number of carbonyl (C=O) groups excluding carboxylic acids is 2. The van der Waals surface area contributed by atoms with Crippen LogP contribution in [0.4, 0.5) is 0 Å². The first-order chi connectivity index (χ1) is 12.1. The molecule has 3 aromatic rings. The lowest BCUT2D eigenvalue weighted by Crippen LogP contribution is -2.49. The van der Waals surface area contributed by atoms with Crippen LogP contribution in [0.3, 0.4) is 0 Å². The molecule has 0 aliphatic rings. The minimum Gasteiger partial charge on any atom is -0.347 e. The third kappa shape index (κ3) is 3.85. The van der Waals surface area contributed by atoms with E-state index in [2.05, 4.69) is 20.8 Å². The number of nitrogens with zero attached hydrogens (tertiary/aromatic N) is 3. The summed E-state index contributed by atoms with van der Waals surface area (Å²) in [5.74, 6) is 0.111. The average molecular weight is 357 g/mol. The summed E-state index contributed by atoms with van der Waals surface area (Å²) < 4.78 is 1.81. The molecule has 1 atom stereocenters. The van der Waals surface area contributed by atoms with Gasteiger partial charge in [0, 0.05) is 6.20 Å². The molecule has 3 aromatic heterocycles. The van der Waals surface area contributed by atoms with Crippen molar-refractivity contribution < 1.29 is 9.59 Å². The van der Waals surface area contributed by atoms with Gasteiger partial charge in [-0.05, 0) is 29.5 Å². The molecule has 3 rings (SSSR count). The van der Waals surface area contributed by atoms with Crippen LogP contribution in [0.5, 0.6) is 0 Å². The van der Waals surface area contributed by atoms with E-state index in [1.807, 2.05) is 48.0 Å². The zero-order chi connectivity index (χ0) is 17.8. The standard InChI is InChI=1S/C17H19N5O2S/c1-11(2)15(19-16(23)12-6-5-9-25-12)17(24)18-10-14-21-20-13-7-3-4-8-22(13)14/h3-9,11,15H,10H2,1-2H3,(H,18,24)(H,19,23)/t15-/m0/s1. The summed E-state index contributed by atoms with van der Waals surface area (Å²) >= 11 is 1.34. The Hall–Kier alpha value is -2.74. The molecule has 0 saturated heterocycles. The Balaban J connectivity index is 1.66. The SMILES string of the molecule is CC(C)[C@H](NC(=O)c1cccs1)C(=O)NCc1nnc2ccccn12. The quantitative estimate of drug-likeness (QED) is 0.705. The fraction of sp³-hybridized carbons (Fsp3) is 0.294.